The van der Waals surface area contributed by atoms with Crippen LogP contribution in [0.2, 0.25) is 0 Å². The third-order valence-corrected chi connectivity index (χ3v) is 3.01. The summed E-state index contributed by atoms with van der Waals surface area (Å²) in [6, 6.07) is 4.28. The Morgan fingerprint density at radius 1 is 1.56 bits per heavy atom. The standard InChI is InChI=1S/C13H17FN2O2/c1-18-7-6-16(10-3-4-10)13(17)11-8-9(15)2-5-12(11)14/h2,5,8,10H,3-4,6-7,15H2,1H3. The van der Waals surface area contributed by atoms with E-state index in [1.165, 1.54) is 18.2 Å². The van der Waals surface area contributed by atoms with E-state index in [0.29, 0.717) is 18.8 Å². The first-order valence-corrected chi connectivity index (χ1v) is 5.98. The topological polar surface area (TPSA) is 55.6 Å². The zero-order chi connectivity index (χ0) is 13.1. The Hall–Kier alpha value is -1.62. The molecule has 0 aromatic heterocycles. The number of hydrogen-bond donors (Lipinski definition) is 1. The lowest BCUT2D eigenvalue weighted by Gasteiger charge is -2.22. The van der Waals surface area contributed by atoms with Gasteiger partial charge in [0.05, 0.1) is 12.2 Å². The molecule has 18 heavy (non-hydrogen) atoms. The lowest BCUT2D eigenvalue weighted by atomic mass is 10.1. The highest BCUT2D eigenvalue weighted by Gasteiger charge is 2.33. The molecule has 2 rings (SSSR count). The maximum absolute atomic E-state index is 13.7. The lowest BCUT2D eigenvalue weighted by Crippen LogP contribution is -2.36. The van der Waals surface area contributed by atoms with Crippen molar-refractivity contribution in [3.05, 3.63) is 29.6 Å². The summed E-state index contributed by atoms with van der Waals surface area (Å²) >= 11 is 0. The Labute approximate surface area is 106 Å². The largest absolute Gasteiger partial charge is 0.399 e. The molecule has 1 aromatic carbocycles. The molecule has 2 N–H and O–H groups in total. The molecule has 0 radical (unpaired) electrons. The first-order chi connectivity index (χ1) is 8.63. The van der Waals surface area contributed by atoms with Crippen LogP contribution in [0.15, 0.2) is 18.2 Å². The quantitative estimate of drug-likeness (QED) is 0.811. The fraction of sp³-hybridized carbons (Fsp3) is 0.462. The number of hydrogen-bond acceptors (Lipinski definition) is 3. The Bertz CT molecular complexity index is 447. The summed E-state index contributed by atoms with van der Waals surface area (Å²) in [6.07, 6.45) is 1.94. The van der Waals surface area contributed by atoms with Gasteiger partial charge in [-0.15, -0.1) is 0 Å². The van der Waals surface area contributed by atoms with Gasteiger partial charge >= 0.3 is 0 Å². The number of carbonyl (C=O) groups is 1. The maximum atomic E-state index is 13.7. The highest BCUT2D eigenvalue weighted by Crippen LogP contribution is 2.28. The number of nitrogen functional groups attached to an aromatic ring is 1. The van der Waals surface area contributed by atoms with Crippen LogP contribution in [0.5, 0.6) is 0 Å². The molecule has 1 fully saturated rings. The Morgan fingerprint density at radius 2 is 2.28 bits per heavy atom. The van der Waals surface area contributed by atoms with Gasteiger partial charge in [0, 0.05) is 25.4 Å². The van der Waals surface area contributed by atoms with Crippen LogP contribution < -0.4 is 5.73 Å². The lowest BCUT2D eigenvalue weighted by molar-refractivity contribution is 0.0675. The predicted molar refractivity (Wildman–Crippen MR) is 66.7 cm³/mol. The fourth-order valence-corrected chi connectivity index (χ4v) is 1.89. The summed E-state index contributed by atoms with van der Waals surface area (Å²) in [6.45, 7) is 0.931. The van der Waals surface area contributed by atoms with Gasteiger partial charge in [-0.1, -0.05) is 0 Å². The van der Waals surface area contributed by atoms with E-state index < -0.39 is 5.82 Å². The van der Waals surface area contributed by atoms with Gasteiger partial charge in [0.1, 0.15) is 5.82 Å². The summed E-state index contributed by atoms with van der Waals surface area (Å²) < 4.78 is 18.6. The van der Waals surface area contributed by atoms with Crippen LogP contribution in [0.3, 0.4) is 0 Å². The number of amides is 1. The predicted octanol–water partition coefficient (Wildman–Crippen LogP) is 1.66. The second-order valence-electron chi connectivity index (χ2n) is 4.46. The fourth-order valence-electron chi connectivity index (χ4n) is 1.89. The molecule has 0 aliphatic heterocycles. The second-order valence-corrected chi connectivity index (χ2v) is 4.46. The van der Waals surface area contributed by atoms with Crippen LogP contribution in [0, 0.1) is 5.82 Å². The Morgan fingerprint density at radius 3 is 2.89 bits per heavy atom. The van der Waals surface area contributed by atoms with Gasteiger partial charge in [0.2, 0.25) is 0 Å². The number of nitrogens with zero attached hydrogens (tertiary/aromatic N) is 1. The van der Waals surface area contributed by atoms with E-state index in [2.05, 4.69) is 0 Å². The molecule has 1 aromatic rings. The highest BCUT2D eigenvalue weighted by atomic mass is 19.1. The average molecular weight is 252 g/mol. The van der Waals surface area contributed by atoms with Gasteiger partial charge in [0.25, 0.3) is 5.91 Å². The van der Waals surface area contributed by atoms with E-state index in [4.69, 9.17) is 10.5 Å². The highest BCUT2D eigenvalue weighted by molar-refractivity contribution is 5.95. The van der Waals surface area contributed by atoms with Crippen molar-refractivity contribution < 1.29 is 13.9 Å². The number of nitrogens with two attached hydrogens (primary N) is 1. The van der Waals surface area contributed by atoms with Crippen molar-refractivity contribution in [2.75, 3.05) is 26.0 Å². The number of rotatable bonds is 5. The molecule has 1 aliphatic rings. The molecular weight excluding hydrogens is 235 g/mol. The van der Waals surface area contributed by atoms with E-state index in [9.17, 15) is 9.18 Å². The first kappa shape index (κ1) is 12.8. The molecule has 0 saturated heterocycles. The average Bonchev–Trinajstić information content (AvgIpc) is 3.17. The van der Waals surface area contributed by atoms with E-state index in [-0.39, 0.29) is 17.5 Å². The van der Waals surface area contributed by atoms with Gasteiger partial charge in [0.15, 0.2) is 0 Å². The van der Waals surface area contributed by atoms with Crippen LogP contribution in [-0.4, -0.2) is 37.1 Å². The van der Waals surface area contributed by atoms with Crippen molar-refractivity contribution in [3.8, 4) is 0 Å². The molecule has 1 saturated carbocycles. The van der Waals surface area contributed by atoms with Crippen molar-refractivity contribution in [1.29, 1.82) is 0 Å². The van der Waals surface area contributed by atoms with E-state index in [1.54, 1.807) is 12.0 Å². The molecule has 1 aliphatic carbocycles. The van der Waals surface area contributed by atoms with Crippen molar-refractivity contribution in [2.45, 2.75) is 18.9 Å². The molecule has 0 bridgehead atoms. The van der Waals surface area contributed by atoms with Crippen molar-refractivity contribution >= 4 is 11.6 Å². The normalized spacial score (nSPS) is 14.6. The third-order valence-electron chi connectivity index (χ3n) is 3.01. The number of halogens is 1. The van der Waals surface area contributed by atoms with Gasteiger partial charge in [-0.05, 0) is 31.0 Å². The molecule has 0 spiro atoms. The van der Waals surface area contributed by atoms with Crippen molar-refractivity contribution in [1.82, 2.24) is 4.90 Å². The third kappa shape index (κ3) is 2.79. The molecule has 98 valence electrons. The van der Waals surface area contributed by atoms with Gasteiger partial charge in [-0.3, -0.25) is 4.79 Å². The SMILES string of the molecule is COCCN(C(=O)c1cc(N)ccc1F)C1CC1. The molecule has 4 nitrogen and oxygen atoms in total. The molecular formula is C13H17FN2O2. The van der Waals surface area contributed by atoms with Gasteiger partial charge < -0.3 is 15.4 Å². The maximum Gasteiger partial charge on any atom is 0.257 e. The number of anilines is 1. The zero-order valence-electron chi connectivity index (χ0n) is 10.4. The molecule has 1 amide bonds. The van der Waals surface area contributed by atoms with E-state index >= 15 is 0 Å². The minimum Gasteiger partial charge on any atom is -0.399 e. The van der Waals surface area contributed by atoms with Crippen LogP contribution in [0.1, 0.15) is 23.2 Å². The number of methoxy groups -OCH3 is 1. The molecule has 0 heterocycles. The summed E-state index contributed by atoms with van der Waals surface area (Å²) in [5.41, 5.74) is 6.03. The molecule has 0 atom stereocenters. The number of ether oxygens (including phenoxy) is 1. The summed E-state index contributed by atoms with van der Waals surface area (Å²) in [5.74, 6) is -0.836. The number of carbonyl (C=O) groups excluding carboxylic acids is 1. The van der Waals surface area contributed by atoms with E-state index in [0.717, 1.165) is 12.8 Å². The van der Waals surface area contributed by atoms with E-state index in [1.807, 2.05) is 0 Å². The van der Waals surface area contributed by atoms with Crippen LogP contribution in [0.4, 0.5) is 10.1 Å². The minimum absolute atomic E-state index is 0.0398. The smallest absolute Gasteiger partial charge is 0.257 e. The zero-order valence-corrected chi connectivity index (χ0v) is 10.4. The van der Waals surface area contributed by atoms with Gasteiger partial charge in [-0.2, -0.15) is 0 Å². The van der Waals surface area contributed by atoms with Crippen LogP contribution in [-0.2, 0) is 4.74 Å². The van der Waals surface area contributed by atoms with Crippen LogP contribution >= 0.6 is 0 Å². The monoisotopic (exact) mass is 252 g/mol. The summed E-state index contributed by atoms with van der Waals surface area (Å²) in [7, 11) is 1.58. The summed E-state index contributed by atoms with van der Waals surface area (Å²) in [5, 5.41) is 0. The summed E-state index contributed by atoms with van der Waals surface area (Å²) in [4.78, 5) is 13.9. The molecule has 5 heteroatoms. The van der Waals surface area contributed by atoms with Gasteiger partial charge in [-0.25, -0.2) is 4.39 Å². The first-order valence-electron chi connectivity index (χ1n) is 5.98. The Balaban J connectivity index is 2.19. The second kappa shape index (κ2) is 5.35. The van der Waals surface area contributed by atoms with Crippen molar-refractivity contribution in [3.63, 3.8) is 0 Å². The Kier molecular flexibility index (Phi) is 3.81. The molecule has 0 unspecified atom stereocenters. The number of benzene rings is 1. The minimum atomic E-state index is -0.530. The van der Waals surface area contributed by atoms with Crippen molar-refractivity contribution in [2.24, 2.45) is 0 Å². The van der Waals surface area contributed by atoms with Crippen LogP contribution in [0.25, 0.3) is 0 Å².